The van der Waals surface area contributed by atoms with Crippen molar-refractivity contribution in [1.82, 2.24) is 0 Å². The van der Waals surface area contributed by atoms with Gasteiger partial charge < -0.3 is 10.1 Å². The third-order valence-electron chi connectivity index (χ3n) is 1.62. The maximum absolute atomic E-state index is 5.40. The Morgan fingerprint density at radius 3 is 3.08 bits per heavy atom. The van der Waals surface area contributed by atoms with Crippen LogP contribution in [-0.4, -0.2) is 13.2 Å². The molecule has 12 heavy (non-hydrogen) atoms. The lowest BCUT2D eigenvalue weighted by molar-refractivity contribution is 0.323. The summed E-state index contributed by atoms with van der Waals surface area (Å²) in [6.45, 7) is 1.65. The lowest BCUT2D eigenvalue weighted by Gasteiger charge is -2.18. The van der Waals surface area contributed by atoms with Crippen molar-refractivity contribution in [3.05, 3.63) is 22.7 Å². The topological polar surface area (TPSA) is 21.3 Å². The lowest BCUT2D eigenvalue weighted by Crippen LogP contribution is -2.17. The number of hydrogen-bond donors (Lipinski definition) is 1. The van der Waals surface area contributed by atoms with Crippen molar-refractivity contribution in [2.24, 2.45) is 0 Å². The van der Waals surface area contributed by atoms with Crippen molar-refractivity contribution < 1.29 is 4.74 Å². The number of benzene rings is 1. The molecule has 0 unspecified atom stereocenters. The van der Waals surface area contributed by atoms with Crippen molar-refractivity contribution >= 4 is 34.0 Å². The average Bonchev–Trinajstić information content (AvgIpc) is 2.04. The van der Waals surface area contributed by atoms with E-state index in [1.54, 1.807) is 0 Å². The van der Waals surface area contributed by atoms with Gasteiger partial charge in [0.05, 0.1) is 5.69 Å². The second-order valence-electron chi connectivity index (χ2n) is 2.42. The van der Waals surface area contributed by atoms with Gasteiger partial charge in [0.15, 0.2) is 0 Å². The molecular formula is C8H9BrClNO. The lowest BCUT2D eigenvalue weighted by atomic mass is 10.2. The van der Waals surface area contributed by atoms with E-state index in [0.29, 0.717) is 0 Å². The minimum absolute atomic E-state index is 0. The van der Waals surface area contributed by atoms with Gasteiger partial charge in [-0.05, 0) is 18.2 Å². The van der Waals surface area contributed by atoms with Gasteiger partial charge in [0.25, 0.3) is 0 Å². The molecule has 0 spiro atoms. The van der Waals surface area contributed by atoms with Crippen LogP contribution in [-0.2, 0) is 0 Å². The summed E-state index contributed by atoms with van der Waals surface area (Å²) < 4.78 is 6.47. The molecule has 0 bridgehead atoms. The fraction of sp³-hybridized carbons (Fsp3) is 0.250. The predicted octanol–water partition coefficient (Wildman–Crippen LogP) is 2.68. The van der Waals surface area contributed by atoms with Crippen LogP contribution in [0.5, 0.6) is 5.75 Å². The van der Waals surface area contributed by atoms with Crippen molar-refractivity contribution in [2.75, 3.05) is 18.5 Å². The summed E-state index contributed by atoms with van der Waals surface area (Å²) in [5, 5.41) is 3.25. The van der Waals surface area contributed by atoms with E-state index >= 15 is 0 Å². The quantitative estimate of drug-likeness (QED) is 0.764. The molecule has 1 aromatic carbocycles. The van der Waals surface area contributed by atoms with Crippen LogP contribution in [0, 0.1) is 0 Å². The zero-order valence-corrected chi connectivity index (χ0v) is 8.74. The molecule has 4 heteroatoms. The normalized spacial score (nSPS) is 13.4. The SMILES string of the molecule is Brc1ccc2c(c1)NCCO2.Cl. The van der Waals surface area contributed by atoms with Gasteiger partial charge >= 0.3 is 0 Å². The van der Waals surface area contributed by atoms with Gasteiger partial charge in [0.2, 0.25) is 0 Å². The van der Waals surface area contributed by atoms with Crippen molar-refractivity contribution in [1.29, 1.82) is 0 Å². The molecule has 0 fully saturated rings. The van der Waals surface area contributed by atoms with Crippen LogP contribution in [0.15, 0.2) is 22.7 Å². The van der Waals surface area contributed by atoms with Crippen LogP contribution in [0.4, 0.5) is 5.69 Å². The number of nitrogens with one attached hydrogen (secondary N) is 1. The Balaban J connectivity index is 0.000000720. The largest absolute Gasteiger partial charge is 0.490 e. The Bertz CT molecular complexity index is 280. The smallest absolute Gasteiger partial charge is 0.142 e. The van der Waals surface area contributed by atoms with Gasteiger partial charge in [-0.25, -0.2) is 0 Å². The zero-order chi connectivity index (χ0) is 7.68. The van der Waals surface area contributed by atoms with Crippen LogP contribution in [0.3, 0.4) is 0 Å². The maximum Gasteiger partial charge on any atom is 0.142 e. The van der Waals surface area contributed by atoms with Gasteiger partial charge in [-0.1, -0.05) is 15.9 Å². The number of hydrogen-bond acceptors (Lipinski definition) is 2. The molecular weight excluding hydrogens is 241 g/mol. The van der Waals surface area contributed by atoms with Gasteiger partial charge in [0, 0.05) is 11.0 Å². The first-order chi connectivity index (χ1) is 5.36. The van der Waals surface area contributed by atoms with E-state index in [9.17, 15) is 0 Å². The first-order valence-corrected chi connectivity index (χ1v) is 4.32. The van der Waals surface area contributed by atoms with E-state index in [1.807, 2.05) is 18.2 Å². The number of fused-ring (bicyclic) bond motifs is 1. The number of halogens is 2. The van der Waals surface area contributed by atoms with Crippen LogP contribution in [0.25, 0.3) is 0 Å². The summed E-state index contributed by atoms with van der Waals surface area (Å²) in [6, 6.07) is 5.96. The molecule has 1 aliphatic heterocycles. The molecule has 1 aromatic rings. The Labute approximate surface area is 85.8 Å². The molecule has 0 amide bonds. The molecule has 2 rings (SSSR count). The highest BCUT2D eigenvalue weighted by Gasteiger charge is 2.07. The first-order valence-electron chi connectivity index (χ1n) is 3.52. The van der Waals surface area contributed by atoms with Crippen LogP contribution in [0.1, 0.15) is 0 Å². The summed E-state index contributed by atoms with van der Waals surface area (Å²) in [6.07, 6.45) is 0. The first kappa shape index (κ1) is 9.68. The molecule has 1 N–H and O–H groups in total. The number of rotatable bonds is 0. The van der Waals surface area contributed by atoms with Gasteiger partial charge in [-0.3, -0.25) is 0 Å². The molecule has 0 saturated carbocycles. The zero-order valence-electron chi connectivity index (χ0n) is 6.34. The summed E-state index contributed by atoms with van der Waals surface area (Å²) in [4.78, 5) is 0. The Morgan fingerprint density at radius 1 is 1.42 bits per heavy atom. The van der Waals surface area contributed by atoms with Gasteiger partial charge in [-0.15, -0.1) is 12.4 Å². The summed E-state index contributed by atoms with van der Waals surface area (Å²) in [5.41, 5.74) is 1.07. The van der Waals surface area contributed by atoms with E-state index in [4.69, 9.17) is 4.74 Å². The second kappa shape index (κ2) is 4.01. The molecule has 0 atom stereocenters. The molecule has 0 radical (unpaired) electrons. The monoisotopic (exact) mass is 249 g/mol. The molecule has 2 nitrogen and oxygen atoms in total. The van der Waals surface area contributed by atoms with Crippen molar-refractivity contribution in [3.63, 3.8) is 0 Å². The molecule has 1 heterocycles. The fourth-order valence-corrected chi connectivity index (χ4v) is 1.47. The van der Waals surface area contributed by atoms with Crippen LogP contribution < -0.4 is 10.1 Å². The Hall–Kier alpha value is -0.410. The van der Waals surface area contributed by atoms with Crippen molar-refractivity contribution in [3.8, 4) is 5.75 Å². The highest BCUT2D eigenvalue weighted by molar-refractivity contribution is 9.10. The average molecular weight is 251 g/mol. The Kier molecular flexibility index (Phi) is 3.23. The minimum Gasteiger partial charge on any atom is -0.490 e. The molecule has 0 saturated heterocycles. The van der Waals surface area contributed by atoms with Gasteiger partial charge in [-0.2, -0.15) is 0 Å². The van der Waals surface area contributed by atoms with E-state index in [2.05, 4.69) is 21.2 Å². The van der Waals surface area contributed by atoms with Crippen LogP contribution >= 0.6 is 28.3 Å². The summed E-state index contributed by atoms with van der Waals surface area (Å²) in [5.74, 6) is 0.944. The maximum atomic E-state index is 5.40. The van der Waals surface area contributed by atoms with Gasteiger partial charge in [0.1, 0.15) is 12.4 Å². The van der Waals surface area contributed by atoms with Crippen molar-refractivity contribution in [2.45, 2.75) is 0 Å². The molecule has 1 aliphatic rings. The number of ether oxygens (including phenoxy) is 1. The molecule has 0 aliphatic carbocycles. The minimum atomic E-state index is 0. The molecule has 0 aromatic heterocycles. The third kappa shape index (κ3) is 1.84. The summed E-state index contributed by atoms with van der Waals surface area (Å²) in [7, 11) is 0. The van der Waals surface area contributed by atoms with Crippen LogP contribution in [0.2, 0.25) is 0 Å². The predicted molar refractivity (Wildman–Crippen MR) is 55.4 cm³/mol. The summed E-state index contributed by atoms with van der Waals surface area (Å²) >= 11 is 3.39. The Morgan fingerprint density at radius 2 is 2.25 bits per heavy atom. The highest BCUT2D eigenvalue weighted by atomic mass is 79.9. The van der Waals surface area contributed by atoms with E-state index in [1.165, 1.54) is 0 Å². The fourth-order valence-electron chi connectivity index (χ4n) is 1.11. The van der Waals surface area contributed by atoms with E-state index in [0.717, 1.165) is 29.1 Å². The third-order valence-corrected chi connectivity index (χ3v) is 2.11. The van der Waals surface area contributed by atoms with E-state index < -0.39 is 0 Å². The standard InChI is InChI=1S/C8H8BrNO.ClH/c9-6-1-2-8-7(5-6)10-3-4-11-8;/h1-2,5,10H,3-4H2;1H. The molecule has 66 valence electrons. The second-order valence-corrected chi connectivity index (χ2v) is 3.33. The number of anilines is 1. The van der Waals surface area contributed by atoms with E-state index in [-0.39, 0.29) is 12.4 Å². The highest BCUT2D eigenvalue weighted by Crippen LogP contribution is 2.29.